The summed E-state index contributed by atoms with van der Waals surface area (Å²) in [6, 6.07) is 2.03. The maximum atomic E-state index is 11.8. The molecule has 0 bridgehead atoms. The van der Waals surface area contributed by atoms with E-state index in [4.69, 9.17) is 5.26 Å². The highest BCUT2D eigenvalue weighted by Gasteiger charge is 2.28. The number of nitrogens with one attached hydrogen (secondary N) is 1. The first kappa shape index (κ1) is 15.0. The van der Waals surface area contributed by atoms with Gasteiger partial charge < -0.3 is 9.88 Å². The van der Waals surface area contributed by atoms with Crippen LogP contribution in [0, 0.1) is 11.3 Å². The summed E-state index contributed by atoms with van der Waals surface area (Å²) >= 11 is 0. The summed E-state index contributed by atoms with van der Waals surface area (Å²) in [7, 11) is 0. The number of amides is 1. The minimum absolute atomic E-state index is 0.0112. The van der Waals surface area contributed by atoms with E-state index in [1.165, 1.54) is 6.42 Å². The molecule has 0 atom stereocenters. The molecule has 1 N–H and O–H groups in total. The normalized spacial score (nSPS) is 18.9. The number of carbonyl (C=O) groups excluding carboxylic acids is 1. The molecule has 7 heteroatoms. The molecule has 1 fully saturated rings. The van der Waals surface area contributed by atoms with Crippen molar-refractivity contribution in [3.05, 3.63) is 11.6 Å². The SMILES string of the molecule is N#CCCNC(=O)CN1CCC(c2nnc3n2CCC3)CC1. The average molecular weight is 302 g/mol. The molecule has 0 aliphatic carbocycles. The summed E-state index contributed by atoms with van der Waals surface area (Å²) < 4.78 is 2.29. The Balaban J connectivity index is 1.46. The first-order chi connectivity index (χ1) is 10.8. The van der Waals surface area contributed by atoms with Crippen LogP contribution >= 0.6 is 0 Å². The second-order valence-electron chi connectivity index (χ2n) is 6.04. The Morgan fingerprint density at radius 2 is 2.14 bits per heavy atom. The highest BCUT2D eigenvalue weighted by atomic mass is 16.2. The molecule has 1 amide bonds. The first-order valence-electron chi connectivity index (χ1n) is 8.06. The lowest BCUT2D eigenvalue weighted by Gasteiger charge is -2.30. The predicted octanol–water partition coefficient (Wildman–Crippen LogP) is 0.434. The molecule has 0 radical (unpaired) electrons. The fourth-order valence-electron chi connectivity index (χ4n) is 3.34. The van der Waals surface area contributed by atoms with Gasteiger partial charge in [-0.25, -0.2) is 0 Å². The zero-order valence-corrected chi connectivity index (χ0v) is 12.8. The number of nitriles is 1. The molecule has 0 spiro atoms. The Kier molecular flexibility index (Phi) is 4.68. The number of aryl methyl sites for hydroxylation is 1. The molecule has 1 aromatic heterocycles. The molecule has 118 valence electrons. The van der Waals surface area contributed by atoms with Crippen LogP contribution in [0.2, 0.25) is 0 Å². The highest BCUT2D eigenvalue weighted by molar-refractivity contribution is 5.78. The molecule has 0 aromatic carbocycles. The Labute approximate surface area is 130 Å². The zero-order valence-electron chi connectivity index (χ0n) is 12.8. The summed E-state index contributed by atoms with van der Waals surface area (Å²) in [6.07, 6.45) is 4.66. The Morgan fingerprint density at radius 3 is 2.91 bits per heavy atom. The summed E-state index contributed by atoms with van der Waals surface area (Å²) in [5, 5.41) is 19.9. The van der Waals surface area contributed by atoms with Crippen LogP contribution in [0.5, 0.6) is 0 Å². The van der Waals surface area contributed by atoms with Crippen LogP contribution < -0.4 is 5.32 Å². The van der Waals surface area contributed by atoms with Crippen LogP contribution in [0.1, 0.15) is 43.3 Å². The van der Waals surface area contributed by atoms with Crippen LogP contribution in [-0.2, 0) is 17.8 Å². The zero-order chi connectivity index (χ0) is 15.4. The second kappa shape index (κ2) is 6.88. The van der Waals surface area contributed by atoms with E-state index >= 15 is 0 Å². The van der Waals surface area contributed by atoms with Gasteiger partial charge in [-0.15, -0.1) is 10.2 Å². The molecule has 0 saturated carbocycles. The van der Waals surface area contributed by atoms with Crippen molar-refractivity contribution < 1.29 is 4.79 Å². The molecule has 3 heterocycles. The van der Waals surface area contributed by atoms with Gasteiger partial charge in [-0.3, -0.25) is 9.69 Å². The molecule has 0 unspecified atom stereocenters. The number of likely N-dealkylation sites (tertiary alicyclic amines) is 1. The number of rotatable bonds is 5. The van der Waals surface area contributed by atoms with Gasteiger partial charge in [-0.2, -0.15) is 5.26 Å². The van der Waals surface area contributed by atoms with Crippen molar-refractivity contribution in [3.8, 4) is 6.07 Å². The summed E-state index contributed by atoms with van der Waals surface area (Å²) in [5.74, 6) is 2.76. The van der Waals surface area contributed by atoms with Gasteiger partial charge in [-0.05, 0) is 32.4 Å². The maximum Gasteiger partial charge on any atom is 0.234 e. The lowest BCUT2D eigenvalue weighted by molar-refractivity contribution is -0.122. The van der Waals surface area contributed by atoms with Gasteiger partial charge in [0.05, 0.1) is 19.0 Å². The fraction of sp³-hybridized carbons (Fsp3) is 0.733. The Morgan fingerprint density at radius 1 is 1.32 bits per heavy atom. The van der Waals surface area contributed by atoms with Gasteiger partial charge in [0.2, 0.25) is 5.91 Å². The van der Waals surface area contributed by atoms with E-state index in [-0.39, 0.29) is 5.91 Å². The molecule has 1 saturated heterocycles. The Hall–Kier alpha value is -1.94. The van der Waals surface area contributed by atoms with Crippen LogP contribution in [0.25, 0.3) is 0 Å². The van der Waals surface area contributed by atoms with Crippen LogP contribution in [-0.4, -0.2) is 51.8 Å². The molecule has 3 rings (SSSR count). The first-order valence-corrected chi connectivity index (χ1v) is 8.06. The second-order valence-corrected chi connectivity index (χ2v) is 6.04. The van der Waals surface area contributed by atoms with Gasteiger partial charge in [-0.1, -0.05) is 0 Å². The summed E-state index contributed by atoms with van der Waals surface area (Å²) in [6.45, 7) is 3.75. The van der Waals surface area contributed by atoms with Crippen molar-refractivity contribution in [2.24, 2.45) is 0 Å². The predicted molar refractivity (Wildman–Crippen MR) is 80.0 cm³/mol. The lowest BCUT2D eigenvalue weighted by atomic mass is 9.96. The number of hydrogen-bond donors (Lipinski definition) is 1. The van der Waals surface area contributed by atoms with Crippen LogP contribution in [0.3, 0.4) is 0 Å². The van der Waals surface area contributed by atoms with E-state index in [2.05, 4.69) is 25.0 Å². The van der Waals surface area contributed by atoms with E-state index < -0.39 is 0 Å². The maximum absolute atomic E-state index is 11.8. The highest BCUT2D eigenvalue weighted by Crippen LogP contribution is 2.29. The standard InChI is InChI=1S/C15H22N6O/c16-6-2-7-17-14(22)11-20-9-4-12(5-10-20)15-19-18-13-3-1-8-21(13)15/h12H,1-5,7-11H2,(H,17,22). The monoisotopic (exact) mass is 302 g/mol. The minimum atomic E-state index is 0.0112. The third kappa shape index (κ3) is 3.28. The van der Waals surface area contributed by atoms with E-state index in [1.54, 1.807) is 0 Å². The largest absolute Gasteiger partial charge is 0.354 e. The third-order valence-electron chi connectivity index (χ3n) is 4.52. The summed E-state index contributed by atoms with van der Waals surface area (Å²) in [5.41, 5.74) is 0. The third-order valence-corrected chi connectivity index (χ3v) is 4.52. The van der Waals surface area contributed by atoms with Crippen LogP contribution in [0.15, 0.2) is 0 Å². The average Bonchev–Trinajstić information content (AvgIpc) is 3.11. The molecule has 22 heavy (non-hydrogen) atoms. The van der Waals surface area contributed by atoms with Crippen molar-refractivity contribution in [3.63, 3.8) is 0 Å². The smallest absolute Gasteiger partial charge is 0.234 e. The van der Waals surface area contributed by atoms with Crippen molar-refractivity contribution in [1.82, 2.24) is 25.0 Å². The quantitative estimate of drug-likeness (QED) is 0.797. The number of aromatic nitrogens is 3. The van der Waals surface area contributed by atoms with E-state index in [0.29, 0.717) is 25.4 Å². The van der Waals surface area contributed by atoms with E-state index in [0.717, 1.165) is 50.5 Å². The van der Waals surface area contributed by atoms with Crippen molar-refractivity contribution >= 4 is 5.91 Å². The number of nitrogens with zero attached hydrogens (tertiary/aromatic N) is 5. The lowest BCUT2D eigenvalue weighted by Crippen LogP contribution is -2.41. The number of carbonyl (C=O) groups is 1. The molecule has 1 aromatic rings. The van der Waals surface area contributed by atoms with Gasteiger partial charge >= 0.3 is 0 Å². The fourth-order valence-corrected chi connectivity index (χ4v) is 3.34. The molecule has 2 aliphatic heterocycles. The van der Waals surface area contributed by atoms with Gasteiger partial charge in [0, 0.05) is 25.4 Å². The molecular weight excluding hydrogens is 280 g/mol. The van der Waals surface area contributed by atoms with Gasteiger partial charge in [0.25, 0.3) is 0 Å². The topological polar surface area (TPSA) is 86.8 Å². The van der Waals surface area contributed by atoms with Crippen LogP contribution in [0.4, 0.5) is 0 Å². The number of piperidine rings is 1. The minimum Gasteiger partial charge on any atom is -0.354 e. The number of hydrogen-bond acceptors (Lipinski definition) is 5. The van der Waals surface area contributed by atoms with E-state index in [9.17, 15) is 4.79 Å². The number of fused-ring (bicyclic) bond motifs is 1. The van der Waals surface area contributed by atoms with E-state index in [1.807, 2.05) is 6.07 Å². The summed E-state index contributed by atoms with van der Waals surface area (Å²) in [4.78, 5) is 13.9. The van der Waals surface area contributed by atoms with Crippen molar-refractivity contribution in [2.45, 2.75) is 44.6 Å². The van der Waals surface area contributed by atoms with Crippen molar-refractivity contribution in [1.29, 1.82) is 5.26 Å². The molecular formula is C15H22N6O. The van der Waals surface area contributed by atoms with Crippen molar-refractivity contribution in [2.75, 3.05) is 26.2 Å². The Bertz CT molecular complexity index is 567. The molecule has 2 aliphatic rings. The van der Waals surface area contributed by atoms with Gasteiger partial charge in [0.1, 0.15) is 11.6 Å². The van der Waals surface area contributed by atoms with Gasteiger partial charge in [0.15, 0.2) is 0 Å². The molecule has 7 nitrogen and oxygen atoms in total.